The van der Waals surface area contributed by atoms with Crippen LogP contribution in [0.3, 0.4) is 0 Å². The fourth-order valence-electron chi connectivity index (χ4n) is 0.962. The van der Waals surface area contributed by atoms with Crippen LogP contribution in [0.4, 0.5) is 0 Å². The minimum absolute atomic E-state index is 0.0619. The van der Waals surface area contributed by atoms with E-state index in [2.05, 4.69) is 0 Å². The largest absolute Gasteiger partial charge is 0.468 e. The van der Waals surface area contributed by atoms with Gasteiger partial charge in [0.15, 0.2) is 4.58 Å². The van der Waals surface area contributed by atoms with Crippen LogP contribution < -0.4 is 0 Å². The summed E-state index contributed by atoms with van der Waals surface area (Å²) in [5.41, 5.74) is 0. The molecule has 13 heavy (non-hydrogen) atoms. The molecule has 2 nitrogen and oxygen atoms in total. The predicted molar refractivity (Wildman–Crippen MR) is 62.9 cm³/mol. The molecular formula is C7H8O2S4. The van der Waals surface area contributed by atoms with E-state index >= 15 is 0 Å². The van der Waals surface area contributed by atoms with Gasteiger partial charge in [0.05, 0.1) is 15.6 Å². The van der Waals surface area contributed by atoms with E-state index in [4.69, 9.17) is 4.74 Å². The molecule has 0 aromatic carbocycles. The molecule has 0 aliphatic carbocycles. The van der Waals surface area contributed by atoms with Gasteiger partial charge < -0.3 is 4.74 Å². The van der Waals surface area contributed by atoms with Gasteiger partial charge >= 0.3 is 5.97 Å². The Morgan fingerprint density at radius 3 is 2.31 bits per heavy atom. The zero-order valence-corrected chi connectivity index (χ0v) is 10.2. The third kappa shape index (κ3) is 2.16. The molecule has 0 saturated heterocycles. The van der Waals surface area contributed by atoms with Crippen molar-refractivity contribution < 1.29 is 9.53 Å². The summed E-state index contributed by atoms with van der Waals surface area (Å²) in [5, 5.41) is 0. The maximum atomic E-state index is 11.2. The average molecular weight is 252 g/mol. The monoisotopic (exact) mass is 252 g/mol. The number of ether oxygens (including phenoxy) is 1. The van der Waals surface area contributed by atoms with Gasteiger partial charge in [-0.15, -0.1) is 23.5 Å². The molecule has 0 aromatic heterocycles. The second-order valence-electron chi connectivity index (χ2n) is 2.36. The number of carbonyl (C=O) groups excluding carboxylic acids is 1. The van der Waals surface area contributed by atoms with E-state index in [9.17, 15) is 4.79 Å². The molecule has 0 atom stereocenters. The first-order valence-electron chi connectivity index (χ1n) is 3.72. The molecule has 0 radical (unpaired) electrons. The maximum absolute atomic E-state index is 11.2. The van der Waals surface area contributed by atoms with Gasteiger partial charge in [-0.2, -0.15) is 0 Å². The zero-order chi connectivity index (χ0) is 9.26. The molecule has 0 unspecified atom stereocenters. The minimum atomic E-state index is -0.120. The summed E-state index contributed by atoms with van der Waals surface area (Å²) < 4.78 is 7.29. The summed E-state index contributed by atoms with van der Waals surface area (Å²) in [4.78, 5) is 11.2. The normalized spacial score (nSPS) is 23.2. The average Bonchev–Trinajstić information content (AvgIpc) is 2.59. The summed E-state index contributed by atoms with van der Waals surface area (Å²) in [7, 11) is 1.45. The quantitative estimate of drug-likeness (QED) is 0.666. The molecule has 2 rings (SSSR count). The van der Waals surface area contributed by atoms with E-state index in [1.54, 1.807) is 23.5 Å². The fraction of sp³-hybridized carbons (Fsp3) is 0.571. The molecule has 0 bridgehead atoms. The fourth-order valence-corrected chi connectivity index (χ4v) is 7.24. The van der Waals surface area contributed by atoms with E-state index in [0.717, 1.165) is 11.5 Å². The maximum Gasteiger partial charge on any atom is 0.329 e. The van der Waals surface area contributed by atoms with Gasteiger partial charge in [-0.05, 0) is 0 Å². The second kappa shape index (κ2) is 4.42. The number of carbonyl (C=O) groups is 1. The van der Waals surface area contributed by atoms with Gasteiger partial charge in [0.2, 0.25) is 0 Å². The molecule has 2 aliphatic rings. The van der Waals surface area contributed by atoms with Crippen molar-refractivity contribution in [2.24, 2.45) is 0 Å². The first-order chi connectivity index (χ1) is 6.31. The van der Waals surface area contributed by atoms with Crippen LogP contribution in [0, 0.1) is 0 Å². The Bertz CT molecular complexity index is 245. The van der Waals surface area contributed by atoms with Gasteiger partial charge in [0, 0.05) is 11.5 Å². The zero-order valence-electron chi connectivity index (χ0n) is 6.94. The van der Waals surface area contributed by atoms with Gasteiger partial charge in [0.25, 0.3) is 0 Å². The van der Waals surface area contributed by atoms with Crippen molar-refractivity contribution in [2.45, 2.75) is 4.58 Å². The Hall–Kier alpha value is 0.610. The topological polar surface area (TPSA) is 26.3 Å². The van der Waals surface area contributed by atoms with Crippen molar-refractivity contribution in [1.82, 2.24) is 0 Å². The lowest BCUT2D eigenvalue weighted by Gasteiger charge is -2.09. The summed E-state index contributed by atoms with van der Waals surface area (Å²) in [5.74, 6) is 2.20. The van der Waals surface area contributed by atoms with E-state index in [0.29, 0.717) is 0 Å². The summed E-state index contributed by atoms with van der Waals surface area (Å²) >= 11 is 6.99. The van der Waals surface area contributed by atoms with Gasteiger partial charge in [-0.3, -0.25) is 0 Å². The van der Waals surface area contributed by atoms with Crippen LogP contribution in [0.1, 0.15) is 0 Å². The molecule has 0 N–H and O–H groups in total. The molecule has 2 aliphatic heterocycles. The van der Waals surface area contributed by atoms with E-state index in [-0.39, 0.29) is 10.6 Å². The molecule has 0 amide bonds. The smallest absolute Gasteiger partial charge is 0.329 e. The SMILES string of the molecule is COC(=O)C1SC2=C(SCCS2)S1. The molecule has 0 aromatic rings. The highest BCUT2D eigenvalue weighted by atomic mass is 32.3. The summed E-state index contributed by atoms with van der Waals surface area (Å²) in [6.07, 6.45) is 0. The number of hydrogen-bond acceptors (Lipinski definition) is 6. The molecular weight excluding hydrogens is 244 g/mol. The van der Waals surface area contributed by atoms with Crippen LogP contribution in [0.5, 0.6) is 0 Å². The third-order valence-electron chi connectivity index (χ3n) is 1.54. The Morgan fingerprint density at radius 2 is 1.85 bits per heavy atom. The van der Waals surface area contributed by atoms with Gasteiger partial charge in [-0.25, -0.2) is 4.79 Å². The molecule has 0 spiro atoms. The molecule has 0 saturated carbocycles. The van der Waals surface area contributed by atoms with E-state index in [1.165, 1.54) is 15.6 Å². The molecule has 2 heterocycles. The lowest BCUT2D eigenvalue weighted by atomic mass is 10.8. The highest BCUT2D eigenvalue weighted by molar-refractivity contribution is 8.38. The van der Waals surface area contributed by atoms with Crippen LogP contribution in [0.2, 0.25) is 0 Å². The predicted octanol–water partition coefficient (Wildman–Crippen LogP) is 2.57. The van der Waals surface area contributed by atoms with Gasteiger partial charge in [0.1, 0.15) is 0 Å². The highest BCUT2D eigenvalue weighted by Gasteiger charge is 2.34. The Kier molecular flexibility index (Phi) is 3.45. The standard InChI is InChI=1S/C7H8O2S4/c1-9-4(8)5-12-6-7(13-5)11-3-2-10-6/h5H,2-3H2,1H3. The van der Waals surface area contributed by atoms with Crippen LogP contribution >= 0.6 is 47.0 Å². The number of rotatable bonds is 1. The third-order valence-corrected chi connectivity index (χ3v) is 7.57. The Morgan fingerprint density at radius 1 is 1.31 bits per heavy atom. The second-order valence-corrected chi connectivity index (χ2v) is 7.62. The first kappa shape index (κ1) is 10.1. The van der Waals surface area contributed by atoms with Crippen LogP contribution in [-0.2, 0) is 9.53 Å². The first-order valence-corrected chi connectivity index (χ1v) is 7.45. The number of thioether (sulfide) groups is 4. The van der Waals surface area contributed by atoms with Crippen LogP contribution in [0.15, 0.2) is 8.47 Å². The van der Waals surface area contributed by atoms with E-state index < -0.39 is 0 Å². The summed E-state index contributed by atoms with van der Waals surface area (Å²) in [6, 6.07) is 0. The number of methoxy groups -OCH3 is 1. The molecule has 0 fully saturated rings. The van der Waals surface area contributed by atoms with Crippen LogP contribution in [0.25, 0.3) is 0 Å². The number of esters is 1. The van der Waals surface area contributed by atoms with Crippen molar-refractivity contribution in [3.05, 3.63) is 8.47 Å². The molecule has 6 heteroatoms. The Labute approximate surface area is 94.0 Å². The van der Waals surface area contributed by atoms with Crippen molar-refractivity contribution in [1.29, 1.82) is 0 Å². The summed E-state index contributed by atoms with van der Waals surface area (Å²) in [6.45, 7) is 0. The van der Waals surface area contributed by atoms with E-state index in [1.807, 2.05) is 23.5 Å². The number of hydrogen-bond donors (Lipinski definition) is 0. The molecule has 72 valence electrons. The van der Waals surface area contributed by atoms with Crippen LogP contribution in [-0.4, -0.2) is 29.2 Å². The highest BCUT2D eigenvalue weighted by Crippen LogP contribution is 2.57. The van der Waals surface area contributed by atoms with Crippen molar-refractivity contribution in [3.8, 4) is 0 Å². The van der Waals surface area contributed by atoms with Crippen molar-refractivity contribution in [2.75, 3.05) is 18.6 Å². The van der Waals surface area contributed by atoms with Crippen molar-refractivity contribution in [3.63, 3.8) is 0 Å². The van der Waals surface area contributed by atoms with Crippen molar-refractivity contribution >= 4 is 53.0 Å². The Balaban J connectivity index is 2.01. The minimum Gasteiger partial charge on any atom is -0.468 e. The lowest BCUT2D eigenvalue weighted by Crippen LogP contribution is -2.12. The lowest BCUT2D eigenvalue weighted by molar-refractivity contribution is -0.138. The van der Waals surface area contributed by atoms with Gasteiger partial charge in [-0.1, -0.05) is 23.5 Å².